The summed E-state index contributed by atoms with van der Waals surface area (Å²) in [5, 5.41) is 9.87. The highest BCUT2D eigenvalue weighted by Gasteiger charge is 2.18. The Morgan fingerprint density at radius 1 is 1.07 bits per heavy atom. The minimum Gasteiger partial charge on any atom is -0.331 e. The van der Waals surface area contributed by atoms with E-state index in [1.165, 1.54) is 4.90 Å². The highest BCUT2D eigenvalue weighted by molar-refractivity contribution is 5.98. The first-order valence-corrected chi connectivity index (χ1v) is 9.14. The lowest BCUT2D eigenvalue weighted by Crippen LogP contribution is -2.35. The summed E-state index contributed by atoms with van der Waals surface area (Å²) in [5.74, 6) is -0.545. The van der Waals surface area contributed by atoms with Crippen LogP contribution in [0.5, 0.6) is 0 Å². The van der Waals surface area contributed by atoms with Crippen molar-refractivity contribution >= 4 is 17.5 Å². The number of carbonyl (C=O) groups excluding carboxylic acids is 2. The molecule has 0 aliphatic rings. The van der Waals surface area contributed by atoms with Crippen LogP contribution in [-0.4, -0.2) is 40.5 Å². The van der Waals surface area contributed by atoms with E-state index >= 15 is 0 Å². The van der Waals surface area contributed by atoms with Crippen molar-refractivity contribution in [2.75, 3.05) is 18.9 Å². The van der Waals surface area contributed by atoms with Crippen molar-refractivity contribution in [2.45, 2.75) is 20.3 Å². The van der Waals surface area contributed by atoms with Crippen LogP contribution in [0.3, 0.4) is 0 Å². The molecule has 6 nitrogen and oxygen atoms in total. The minimum atomic E-state index is -0.299. The van der Waals surface area contributed by atoms with Gasteiger partial charge in [0.1, 0.15) is 5.69 Å². The fourth-order valence-electron chi connectivity index (χ4n) is 2.94. The van der Waals surface area contributed by atoms with Crippen LogP contribution in [0, 0.1) is 13.8 Å². The van der Waals surface area contributed by atoms with Gasteiger partial charge in [0.25, 0.3) is 5.91 Å². The van der Waals surface area contributed by atoms with Crippen molar-refractivity contribution in [3.05, 3.63) is 82.7 Å². The molecule has 3 aromatic rings. The number of rotatable bonds is 6. The molecule has 2 aromatic carbocycles. The van der Waals surface area contributed by atoms with Crippen molar-refractivity contribution in [1.82, 2.24) is 15.1 Å². The molecule has 2 amide bonds. The lowest BCUT2D eigenvalue weighted by atomic mass is 10.1. The average molecular weight is 376 g/mol. The van der Waals surface area contributed by atoms with Gasteiger partial charge in [-0.15, -0.1) is 0 Å². The van der Waals surface area contributed by atoms with Gasteiger partial charge in [0.05, 0.1) is 6.54 Å². The molecule has 28 heavy (non-hydrogen) atoms. The number of benzene rings is 2. The topological polar surface area (TPSA) is 78.1 Å². The predicted octanol–water partition coefficient (Wildman–Crippen LogP) is 3.33. The van der Waals surface area contributed by atoms with Gasteiger partial charge in [-0.2, -0.15) is 5.10 Å². The van der Waals surface area contributed by atoms with Crippen LogP contribution in [0.1, 0.15) is 32.9 Å². The van der Waals surface area contributed by atoms with E-state index < -0.39 is 0 Å². The molecule has 0 fully saturated rings. The summed E-state index contributed by atoms with van der Waals surface area (Å²) in [6.45, 7) is 3.90. The number of amides is 2. The van der Waals surface area contributed by atoms with Crippen molar-refractivity contribution in [3.8, 4) is 0 Å². The monoisotopic (exact) mass is 376 g/mol. The van der Waals surface area contributed by atoms with Crippen LogP contribution in [0.4, 0.5) is 5.69 Å². The van der Waals surface area contributed by atoms with E-state index in [4.69, 9.17) is 0 Å². The van der Waals surface area contributed by atoms with Crippen molar-refractivity contribution < 1.29 is 9.59 Å². The molecule has 0 aliphatic carbocycles. The fourth-order valence-corrected chi connectivity index (χ4v) is 2.94. The number of hydrogen-bond donors (Lipinski definition) is 2. The summed E-state index contributed by atoms with van der Waals surface area (Å²) in [6.07, 6.45) is 0.665. The number of likely N-dealkylation sites (N-methyl/N-ethyl adjacent to an activating group) is 1. The van der Waals surface area contributed by atoms with E-state index in [1.807, 2.05) is 62.4 Å². The summed E-state index contributed by atoms with van der Waals surface area (Å²) < 4.78 is 0. The normalized spacial score (nSPS) is 10.5. The summed E-state index contributed by atoms with van der Waals surface area (Å²) in [6, 6.07) is 17.4. The Bertz CT molecular complexity index is 979. The summed E-state index contributed by atoms with van der Waals surface area (Å²) in [4.78, 5) is 26.3. The van der Waals surface area contributed by atoms with Crippen LogP contribution >= 0.6 is 0 Å². The van der Waals surface area contributed by atoms with Crippen LogP contribution < -0.4 is 5.32 Å². The number of anilines is 1. The maximum atomic E-state index is 12.6. The highest BCUT2D eigenvalue weighted by atomic mass is 16.2. The lowest BCUT2D eigenvalue weighted by molar-refractivity contribution is -0.116. The molecule has 0 bridgehead atoms. The summed E-state index contributed by atoms with van der Waals surface area (Å²) in [7, 11) is 1.59. The second-order valence-electron chi connectivity index (χ2n) is 6.90. The lowest BCUT2D eigenvalue weighted by Gasteiger charge is -2.16. The number of hydrogen-bond acceptors (Lipinski definition) is 3. The number of nitrogens with zero attached hydrogens (tertiary/aromatic N) is 2. The van der Waals surface area contributed by atoms with Gasteiger partial charge in [-0.1, -0.05) is 42.5 Å². The van der Waals surface area contributed by atoms with Crippen LogP contribution in [-0.2, 0) is 11.2 Å². The Balaban J connectivity index is 1.60. The Kier molecular flexibility index (Phi) is 5.89. The molecule has 1 heterocycles. The Hall–Kier alpha value is -3.41. The first-order valence-electron chi connectivity index (χ1n) is 9.14. The second-order valence-corrected chi connectivity index (χ2v) is 6.90. The van der Waals surface area contributed by atoms with Gasteiger partial charge in [-0.05, 0) is 42.7 Å². The van der Waals surface area contributed by atoms with E-state index in [1.54, 1.807) is 13.1 Å². The van der Waals surface area contributed by atoms with Crippen LogP contribution in [0.2, 0.25) is 0 Å². The zero-order valence-corrected chi connectivity index (χ0v) is 16.3. The molecule has 0 radical (unpaired) electrons. The zero-order chi connectivity index (χ0) is 20.1. The molecule has 2 N–H and O–H groups in total. The van der Waals surface area contributed by atoms with Gasteiger partial charge in [0.15, 0.2) is 0 Å². The van der Waals surface area contributed by atoms with Gasteiger partial charge < -0.3 is 10.2 Å². The SMILES string of the molecule is Cc1cccc(NC(=O)CN(C)C(=O)c2cc(Cc3ccccc3)[nH]n2)c1C. The Morgan fingerprint density at radius 3 is 2.57 bits per heavy atom. The molecule has 0 aliphatic heterocycles. The first kappa shape index (κ1) is 19.4. The Morgan fingerprint density at radius 2 is 1.82 bits per heavy atom. The van der Waals surface area contributed by atoms with Crippen LogP contribution in [0.15, 0.2) is 54.6 Å². The smallest absolute Gasteiger partial charge is 0.274 e. The maximum absolute atomic E-state index is 12.6. The van der Waals surface area contributed by atoms with E-state index in [0.29, 0.717) is 12.1 Å². The number of aromatic nitrogens is 2. The fraction of sp³-hybridized carbons (Fsp3) is 0.227. The molecule has 3 rings (SSSR count). The second kappa shape index (κ2) is 8.52. The molecule has 144 valence electrons. The summed E-state index contributed by atoms with van der Waals surface area (Å²) >= 11 is 0. The minimum absolute atomic E-state index is 0.0485. The molecule has 0 spiro atoms. The molecule has 0 saturated heterocycles. The Labute approximate surface area is 164 Å². The van der Waals surface area contributed by atoms with E-state index in [-0.39, 0.29) is 18.4 Å². The molecular weight excluding hydrogens is 352 g/mol. The predicted molar refractivity (Wildman–Crippen MR) is 109 cm³/mol. The summed E-state index contributed by atoms with van der Waals surface area (Å²) in [5.41, 5.74) is 5.16. The number of H-pyrrole nitrogens is 1. The third-order valence-corrected chi connectivity index (χ3v) is 4.69. The largest absolute Gasteiger partial charge is 0.331 e. The molecule has 0 saturated carbocycles. The van der Waals surface area contributed by atoms with E-state index in [2.05, 4.69) is 15.5 Å². The highest BCUT2D eigenvalue weighted by Crippen LogP contribution is 2.18. The number of carbonyl (C=O) groups is 2. The molecular formula is C22H24N4O2. The van der Waals surface area contributed by atoms with Crippen LogP contribution in [0.25, 0.3) is 0 Å². The third-order valence-electron chi connectivity index (χ3n) is 4.69. The number of nitrogens with one attached hydrogen (secondary N) is 2. The van der Waals surface area contributed by atoms with Gasteiger partial charge in [0.2, 0.25) is 5.91 Å². The van der Waals surface area contributed by atoms with E-state index in [9.17, 15) is 9.59 Å². The molecule has 0 atom stereocenters. The van der Waals surface area contributed by atoms with Gasteiger partial charge in [-0.25, -0.2) is 0 Å². The first-order chi connectivity index (χ1) is 13.4. The van der Waals surface area contributed by atoms with Crippen molar-refractivity contribution in [1.29, 1.82) is 0 Å². The van der Waals surface area contributed by atoms with E-state index in [0.717, 1.165) is 28.1 Å². The van der Waals surface area contributed by atoms with Crippen molar-refractivity contribution in [2.24, 2.45) is 0 Å². The molecule has 1 aromatic heterocycles. The third kappa shape index (κ3) is 4.65. The molecule has 0 unspecified atom stereocenters. The average Bonchev–Trinajstić information content (AvgIpc) is 3.14. The zero-order valence-electron chi connectivity index (χ0n) is 16.3. The van der Waals surface area contributed by atoms with Crippen molar-refractivity contribution in [3.63, 3.8) is 0 Å². The standard InChI is InChI=1S/C22H24N4O2/c1-15-8-7-11-19(16(15)2)23-21(27)14-26(3)22(28)20-13-18(24-25-20)12-17-9-5-4-6-10-17/h4-11,13H,12,14H2,1-3H3,(H,23,27)(H,24,25). The maximum Gasteiger partial charge on any atom is 0.274 e. The van der Waals surface area contributed by atoms with Gasteiger partial charge >= 0.3 is 0 Å². The van der Waals surface area contributed by atoms with Gasteiger partial charge in [-0.3, -0.25) is 14.7 Å². The number of aromatic amines is 1. The quantitative estimate of drug-likeness (QED) is 0.693. The molecule has 6 heteroatoms. The number of aryl methyl sites for hydroxylation is 1. The van der Waals surface area contributed by atoms with Gasteiger partial charge in [0, 0.05) is 24.8 Å².